The van der Waals surface area contributed by atoms with E-state index in [-0.39, 0.29) is 23.4 Å². The van der Waals surface area contributed by atoms with Crippen LogP contribution in [0, 0.1) is 0 Å². The average molecular weight is 315 g/mol. The third-order valence-electron chi connectivity index (χ3n) is 2.90. The standard InChI is InChI=1S/C14H19ClN2O4/c1-16(2)12(18)8-17(3)14(19)9-6-10(15)13(21-5)11(7-9)20-4/h6-7H,8H2,1-5H3. The largest absolute Gasteiger partial charge is 0.493 e. The van der Waals surface area contributed by atoms with E-state index in [0.717, 1.165) is 0 Å². The summed E-state index contributed by atoms with van der Waals surface area (Å²) in [6, 6.07) is 3.02. The molecule has 0 unspecified atom stereocenters. The second-order valence-corrected chi connectivity index (χ2v) is 5.05. The van der Waals surface area contributed by atoms with Crippen molar-refractivity contribution in [2.24, 2.45) is 0 Å². The van der Waals surface area contributed by atoms with E-state index in [4.69, 9.17) is 21.1 Å². The number of benzene rings is 1. The quantitative estimate of drug-likeness (QED) is 0.827. The van der Waals surface area contributed by atoms with Crippen LogP contribution >= 0.6 is 11.6 Å². The molecular formula is C14H19ClN2O4. The molecule has 0 aliphatic heterocycles. The summed E-state index contributed by atoms with van der Waals surface area (Å²) in [7, 11) is 7.74. The van der Waals surface area contributed by atoms with E-state index < -0.39 is 0 Å². The molecule has 0 radical (unpaired) electrons. The minimum absolute atomic E-state index is 0.0161. The van der Waals surface area contributed by atoms with Crippen molar-refractivity contribution >= 4 is 23.4 Å². The van der Waals surface area contributed by atoms with Crippen molar-refractivity contribution in [1.29, 1.82) is 0 Å². The van der Waals surface area contributed by atoms with Gasteiger partial charge in [0, 0.05) is 26.7 Å². The molecule has 0 heterocycles. The van der Waals surface area contributed by atoms with E-state index in [0.29, 0.717) is 17.1 Å². The fourth-order valence-electron chi connectivity index (χ4n) is 1.68. The smallest absolute Gasteiger partial charge is 0.254 e. The number of hydrogen-bond donors (Lipinski definition) is 0. The lowest BCUT2D eigenvalue weighted by Gasteiger charge is -2.20. The van der Waals surface area contributed by atoms with Crippen molar-refractivity contribution in [3.8, 4) is 11.5 Å². The molecule has 0 aliphatic rings. The molecule has 1 aromatic carbocycles. The molecule has 21 heavy (non-hydrogen) atoms. The van der Waals surface area contributed by atoms with Gasteiger partial charge in [-0.3, -0.25) is 9.59 Å². The summed E-state index contributed by atoms with van der Waals surface area (Å²) in [5, 5.41) is 0.271. The summed E-state index contributed by atoms with van der Waals surface area (Å²) in [6.45, 7) is -0.0161. The summed E-state index contributed by atoms with van der Waals surface area (Å²) in [4.78, 5) is 26.7. The van der Waals surface area contributed by atoms with Gasteiger partial charge < -0.3 is 19.3 Å². The summed E-state index contributed by atoms with van der Waals surface area (Å²) in [5.74, 6) is 0.230. The van der Waals surface area contributed by atoms with Crippen molar-refractivity contribution in [2.75, 3.05) is 41.9 Å². The monoisotopic (exact) mass is 314 g/mol. The molecule has 0 spiro atoms. The third-order valence-corrected chi connectivity index (χ3v) is 3.18. The lowest BCUT2D eigenvalue weighted by atomic mass is 10.1. The Hall–Kier alpha value is -1.95. The molecule has 2 amide bonds. The van der Waals surface area contributed by atoms with Crippen molar-refractivity contribution in [2.45, 2.75) is 0 Å². The molecule has 0 atom stereocenters. The second kappa shape index (κ2) is 7.17. The van der Waals surface area contributed by atoms with Gasteiger partial charge in [0.15, 0.2) is 11.5 Å². The fraction of sp³-hybridized carbons (Fsp3) is 0.429. The molecule has 6 nitrogen and oxygen atoms in total. The zero-order valence-electron chi connectivity index (χ0n) is 12.8. The number of rotatable bonds is 5. The van der Waals surface area contributed by atoms with Gasteiger partial charge in [-0.1, -0.05) is 11.6 Å². The van der Waals surface area contributed by atoms with Crippen molar-refractivity contribution < 1.29 is 19.1 Å². The molecule has 1 aromatic rings. The van der Waals surface area contributed by atoms with E-state index in [1.54, 1.807) is 21.1 Å². The zero-order chi connectivity index (χ0) is 16.2. The zero-order valence-corrected chi connectivity index (χ0v) is 13.5. The van der Waals surface area contributed by atoms with E-state index >= 15 is 0 Å². The molecule has 7 heteroatoms. The molecule has 0 aromatic heterocycles. The topological polar surface area (TPSA) is 59.1 Å². The number of methoxy groups -OCH3 is 2. The maximum atomic E-state index is 12.3. The van der Waals surface area contributed by atoms with Crippen LogP contribution in [-0.4, -0.2) is 63.5 Å². The van der Waals surface area contributed by atoms with Gasteiger partial charge in [-0.05, 0) is 12.1 Å². The highest BCUT2D eigenvalue weighted by Gasteiger charge is 2.19. The Kier molecular flexibility index (Phi) is 5.84. The summed E-state index contributed by atoms with van der Waals surface area (Å²) < 4.78 is 10.3. The first-order valence-electron chi connectivity index (χ1n) is 6.19. The van der Waals surface area contributed by atoms with Gasteiger partial charge in [0.25, 0.3) is 5.91 Å². The van der Waals surface area contributed by atoms with Gasteiger partial charge in [-0.15, -0.1) is 0 Å². The van der Waals surface area contributed by atoms with Gasteiger partial charge >= 0.3 is 0 Å². The first-order chi connectivity index (χ1) is 9.81. The van der Waals surface area contributed by atoms with Gasteiger partial charge in [0.05, 0.1) is 25.8 Å². The molecular weight excluding hydrogens is 296 g/mol. The Morgan fingerprint density at radius 1 is 1.14 bits per heavy atom. The Morgan fingerprint density at radius 2 is 1.76 bits per heavy atom. The van der Waals surface area contributed by atoms with Crippen LogP contribution in [0.4, 0.5) is 0 Å². The highest BCUT2D eigenvalue weighted by atomic mass is 35.5. The first kappa shape index (κ1) is 17.1. The van der Waals surface area contributed by atoms with E-state index in [2.05, 4.69) is 0 Å². The molecule has 116 valence electrons. The van der Waals surface area contributed by atoms with E-state index in [1.807, 2.05) is 0 Å². The maximum absolute atomic E-state index is 12.3. The van der Waals surface area contributed by atoms with Crippen molar-refractivity contribution in [3.05, 3.63) is 22.7 Å². The lowest BCUT2D eigenvalue weighted by molar-refractivity contribution is -0.129. The molecule has 0 fully saturated rings. The Balaban J connectivity index is 3.02. The third kappa shape index (κ3) is 4.01. The number of carbonyl (C=O) groups excluding carboxylic acids is 2. The normalized spacial score (nSPS) is 10.0. The molecule has 0 aliphatic carbocycles. The van der Waals surface area contributed by atoms with E-state index in [9.17, 15) is 9.59 Å². The number of hydrogen-bond acceptors (Lipinski definition) is 4. The van der Waals surface area contributed by atoms with Crippen LogP contribution in [0.5, 0.6) is 11.5 Å². The van der Waals surface area contributed by atoms with Crippen LogP contribution in [0.1, 0.15) is 10.4 Å². The predicted molar refractivity (Wildman–Crippen MR) is 80.2 cm³/mol. The van der Waals surface area contributed by atoms with E-state index in [1.165, 1.54) is 36.2 Å². The minimum atomic E-state index is -0.326. The number of ether oxygens (including phenoxy) is 2. The van der Waals surface area contributed by atoms with Crippen LogP contribution in [0.25, 0.3) is 0 Å². The highest BCUT2D eigenvalue weighted by molar-refractivity contribution is 6.32. The van der Waals surface area contributed by atoms with Gasteiger partial charge in [0.1, 0.15) is 0 Å². The Morgan fingerprint density at radius 3 is 2.24 bits per heavy atom. The van der Waals surface area contributed by atoms with Gasteiger partial charge in [0.2, 0.25) is 5.91 Å². The molecule has 0 N–H and O–H groups in total. The van der Waals surface area contributed by atoms with Crippen LogP contribution < -0.4 is 9.47 Å². The Labute approximate surface area is 129 Å². The lowest BCUT2D eigenvalue weighted by Crippen LogP contribution is -2.37. The molecule has 1 rings (SSSR count). The summed E-state index contributed by atoms with van der Waals surface area (Å²) in [5.41, 5.74) is 0.326. The minimum Gasteiger partial charge on any atom is -0.493 e. The molecule has 0 bridgehead atoms. The second-order valence-electron chi connectivity index (χ2n) is 4.64. The van der Waals surface area contributed by atoms with Gasteiger partial charge in [-0.25, -0.2) is 0 Å². The van der Waals surface area contributed by atoms with Crippen LogP contribution in [0.3, 0.4) is 0 Å². The highest BCUT2D eigenvalue weighted by Crippen LogP contribution is 2.36. The van der Waals surface area contributed by atoms with Gasteiger partial charge in [-0.2, -0.15) is 0 Å². The van der Waals surface area contributed by atoms with Crippen LogP contribution in [0.2, 0.25) is 5.02 Å². The van der Waals surface area contributed by atoms with Crippen molar-refractivity contribution in [3.63, 3.8) is 0 Å². The number of amides is 2. The molecule has 0 saturated heterocycles. The van der Waals surface area contributed by atoms with Crippen LogP contribution in [0.15, 0.2) is 12.1 Å². The first-order valence-corrected chi connectivity index (χ1v) is 6.56. The van der Waals surface area contributed by atoms with Crippen LogP contribution in [-0.2, 0) is 4.79 Å². The maximum Gasteiger partial charge on any atom is 0.254 e. The van der Waals surface area contributed by atoms with Crippen molar-refractivity contribution in [1.82, 2.24) is 9.80 Å². The summed E-state index contributed by atoms with van der Waals surface area (Å²) >= 11 is 6.07. The number of nitrogens with zero attached hydrogens (tertiary/aromatic N) is 2. The molecule has 0 saturated carbocycles. The number of halogens is 1. The fourth-order valence-corrected chi connectivity index (χ4v) is 1.97. The Bertz CT molecular complexity index is 546. The number of likely N-dealkylation sites (N-methyl/N-ethyl adjacent to an activating group) is 2. The summed E-state index contributed by atoms with van der Waals surface area (Å²) in [6.07, 6.45) is 0. The predicted octanol–water partition coefficient (Wildman–Crippen LogP) is 1.52. The SMILES string of the molecule is COc1cc(C(=O)N(C)CC(=O)N(C)C)cc(Cl)c1OC. The average Bonchev–Trinajstić information content (AvgIpc) is 2.44. The number of carbonyl (C=O) groups is 2.